The van der Waals surface area contributed by atoms with E-state index in [4.69, 9.17) is 4.74 Å². The number of anilines is 2. The summed E-state index contributed by atoms with van der Waals surface area (Å²) in [7, 11) is 0. The summed E-state index contributed by atoms with van der Waals surface area (Å²) in [6.45, 7) is 3.36. The minimum atomic E-state index is -0.607. The number of rotatable bonds is 6. The van der Waals surface area contributed by atoms with Gasteiger partial charge in [0.15, 0.2) is 5.82 Å². The summed E-state index contributed by atoms with van der Waals surface area (Å²) in [5.74, 6) is 0.487. The lowest BCUT2D eigenvalue weighted by Crippen LogP contribution is -2.28. The normalized spacial score (nSPS) is 17.7. The zero-order chi connectivity index (χ0) is 24.4. The van der Waals surface area contributed by atoms with Crippen molar-refractivity contribution < 1.29 is 18.7 Å². The van der Waals surface area contributed by atoms with Crippen LogP contribution in [0.1, 0.15) is 38.4 Å². The van der Waals surface area contributed by atoms with E-state index in [1.54, 1.807) is 29.2 Å². The number of aromatic nitrogens is 3. The molecule has 3 aromatic rings. The number of amides is 2. The standard InChI is InChI=1S/C26H28FN5O3/c1-2-35-22-9-6-5-8-21(22)32-16-18(15-24(32)33)26(34)28-20-14-17(11-12-19(20)27)25-30-29-23-10-4-3-7-13-31(23)25/h5-6,8-9,11-12,14,18H,2-4,7,10,13,15-16H2,1H3,(H,28,34). The molecule has 1 saturated heterocycles. The highest BCUT2D eigenvalue weighted by Gasteiger charge is 2.36. The molecule has 1 fully saturated rings. The van der Waals surface area contributed by atoms with Crippen LogP contribution >= 0.6 is 0 Å². The van der Waals surface area contributed by atoms with Crippen LogP contribution in [0, 0.1) is 11.7 Å². The third-order valence-electron chi connectivity index (χ3n) is 6.54. The van der Waals surface area contributed by atoms with Crippen molar-refractivity contribution in [3.05, 3.63) is 54.1 Å². The van der Waals surface area contributed by atoms with Gasteiger partial charge in [-0.2, -0.15) is 0 Å². The number of ether oxygens (including phenoxy) is 1. The fourth-order valence-corrected chi connectivity index (χ4v) is 4.77. The maximum absolute atomic E-state index is 14.7. The van der Waals surface area contributed by atoms with Gasteiger partial charge in [-0.1, -0.05) is 18.6 Å². The maximum Gasteiger partial charge on any atom is 0.229 e. The van der Waals surface area contributed by atoms with Crippen molar-refractivity contribution in [3.63, 3.8) is 0 Å². The average Bonchev–Trinajstić information content (AvgIpc) is 3.36. The highest BCUT2D eigenvalue weighted by molar-refractivity contribution is 6.04. The molecule has 1 unspecified atom stereocenters. The van der Waals surface area contributed by atoms with Gasteiger partial charge in [-0.3, -0.25) is 9.59 Å². The molecule has 2 aromatic carbocycles. The van der Waals surface area contributed by atoms with Gasteiger partial charge in [0.1, 0.15) is 17.4 Å². The first-order valence-corrected chi connectivity index (χ1v) is 12.1. The Hall–Kier alpha value is -3.75. The third kappa shape index (κ3) is 4.62. The Morgan fingerprint density at radius 3 is 2.89 bits per heavy atom. The van der Waals surface area contributed by atoms with Gasteiger partial charge in [-0.25, -0.2) is 4.39 Å². The number of carbonyl (C=O) groups excluding carboxylic acids is 2. The lowest BCUT2D eigenvalue weighted by Gasteiger charge is -2.20. The Bertz CT molecular complexity index is 1260. The van der Waals surface area contributed by atoms with Gasteiger partial charge >= 0.3 is 0 Å². The van der Waals surface area contributed by atoms with Gasteiger partial charge < -0.3 is 19.5 Å². The molecule has 35 heavy (non-hydrogen) atoms. The highest BCUT2D eigenvalue weighted by atomic mass is 19.1. The van der Waals surface area contributed by atoms with E-state index in [1.165, 1.54) is 6.07 Å². The fourth-order valence-electron chi connectivity index (χ4n) is 4.77. The van der Waals surface area contributed by atoms with Crippen LogP contribution in [-0.4, -0.2) is 39.7 Å². The molecule has 1 atom stereocenters. The quantitative estimate of drug-likeness (QED) is 0.575. The molecule has 0 radical (unpaired) electrons. The van der Waals surface area contributed by atoms with Crippen LogP contribution in [0.15, 0.2) is 42.5 Å². The number of fused-ring (bicyclic) bond motifs is 1. The minimum Gasteiger partial charge on any atom is -0.492 e. The molecule has 0 aliphatic carbocycles. The van der Waals surface area contributed by atoms with Crippen LogP contribution in [0.3, 0.4) is 0 Å². The molecule has 1 aromatic heterocycles. The van der Waals surface area contributed by atoms with Crippen LogP contribution < -0.4 is 15.0 Å². The third-order valence-corrected chi connectivity index (χ3v) is 6.54. The Morgan fingerprint density at radius 1 is 1.17 bits per heavy atom. The predicted octanol–water partition coefficient (Wildman–Crippen LogP) is 4.20. The van der Waals surface area contributed by atoms with Crippen molar-refractivity contribution in [3.8, 4) is 17.1 Å². The second-order valence-electron chi connectivity index (χ2n) is 8.89. The number of para-hydroxylation sites is 2. The first kappa shape index (κ1) is 23.0. The SMILES string of the molecule is CCOc1ccccc1N1CC(C(=O)Nc2cc(-c3nnc4n3CCCCC4)ccc2F)CC1=O. The summed E-state index contributed by atoms with van der Waals surface area (Å²) < 4.78 is 22.4. The van der Waals surface area contributed by atoms with E-state index in [-0.39, 0.29) is 24.6 Å². The Labute approximate surface area is 203 Å². The number of benzene rings is 2. The lowest BCUT2D eigenvalue weighted by atomic mass is 10.1. The summed E-state index contributed by atoms with van der Waals surface area (Å²) in [5, 5.41) is 11.3. The van der Waals surface area contributed by atoms with Crippen LogP contribution in [0.25, 0.3) is 11.4 Å². The van der Waals surface area contributed by atoms with Crippen molar-refractivity contribution in [1.29, 1.82) is 0 Å². The van der Waals surface area contributed by atoms with E-state index in [1.807, 2.05) is 19.1 Å². The molecule has 2 amide bonds. The predicted molar refractivity (Wildman–Crippen MR) is 130 cm³/mol. The zero-order valence-electron chi connectivity index (χ0n) is 19.7. The molecule has 182 valence electrons. The summed E-state index contributed by atoms with van der Waals surface area (Å²) in [4.78, 5) is 27.4. The molecule has 0 spiro atoms. The summed E-state index contributed by atoms with van der Waals surface area (Å²) >= 11 is 0. The van der Waals surface area contributed by atoms with Crippen LogP contribution in [-0.2, 0) is 22.6 Å². The number of carbonyl (C=O) groups is 2. The number of aryl methyl sites for hydroxylation is 1. The molecule has 3 heterocycles. The fraction of sp³-hybridized carbons (Fsp3) is 0.385. The van der Waals surface area contributed by atoms with Crippen LogP contribution in [0.2, 0.25) is 0 Å². The summed E-state index contributed by atoms with van der Waals surface area (Å²) in [5.41, 5.74) is 1.39. The first-order chi connectivity index (χ1) is 17.0. The molecule has 2 aliphatic heterocycles. The monoisotopic (exact) mass is 477 g/mol. The summed E-state index contributed by atoms with van der Waals surface area (Å²) in [6.07, 6.45) is 4.18. The Balaban J connectivity index is 1.34. The molecule has 2 aliphatic rings. The van der Waals surface area contributed by atoms with E-state index in [0.717, 1.165) is 38.1 Å². The van der Waals surface area contributed by atoms with Crippen molar-refractivity contribution in [2.45, 2.75) is 45.6 Å². The van der Waals surface area contributed by atoms with Gasteiger partial charge in [-0.05, 0) is 50.1 Å². The topological polar surface area (TPSA) is 89.3 Å². The van der Waals surface area contributed by atoms with E-state index in [0.29, 0.717) is 29.4 Å². The molecule has 0 bridgehead atoms. The molecular formula is C26H28FN5O3. The minimum absolute atomic E-state index is 0.0469. The van der Waals surface area contributed by atoms with E-state index >= 15 is 0 Å². The molecule has 9 heteroatoms. The lowest BCUT2D eigenvalue weighted by molar-refractivity contribution is -0.122. The van der Waals surface area contributed by atoms with Crippen molar-refractivity contribution in [1.82, 2.24) is 14.8 Å². The molecule has 8 nitrogen and oxygen atoms in total. The number of nitrogens with zero attached hydrogens (tertiary/aromatic N) is 4. The van der Waals surface area contributed by atoms with Crippen molar-refractivity contribution >= 4 is 23.2 Å². The molecule has 5 rings (SSSR count). The van der Waals surface area contributed by atoms with E-state index in [2.05, 4.69) is 20.1 Å². The van der Waals surface area contributed by atoms with Crippen molar-refractivity contribution in [2.24, 2.45) is 5.92 Å². The maximum atomic E-state index is 14.7. The Morgan fingerprint density at radius 2 is 2.03 bits per heavy atom. The second-order valence-corrected chi connectivity index (χ2v) is 8.89. The summed E-state index contributed by atoms with van der Waals surface area (Å²) in [6, 6.07) is 11.8. The van der Waals surface area contributed by atoms with Gasteiger partial charge in [0.25, 0.3) is 0 Å². The van der Waals surface area contributed by atoms with Gasteiger partial charge in [0.2, 0.25) is 11.8 Å². The number of halogens is 1. The van der Waals surface area contributed by atoms with Crippen LogP contribution in [0.5, 0.6) is 5.75 Å². The van der Waals surface area contributed by atoms with Gasteiger partial charge in [-0.15, -0.1) is 10.2 Å². The van der Waals surface area contributed by atoms with E-state index < -0.39 is 17.6 Å². The largest absolute Gasteiger partial charge is 0.492 e. The van der Waals surface area contributed by atoms with Crippen LogP contribution in [0.4, 0.5) is 15.8 Å². The first-order valence-electron chi connectivity index (χ1n) is 12.1. The smallest absolute Gasteiger partial charge is 0.229 e. The zero-order valence-corrected chi connectivity index (χ0v) is 19.7. The van der Waals surface area contributed by atoms with E-state index in [9.17, 15) is 14.0 Å². The number of nitrogens with one attached hydrogen (secondary N) is 1. The van der Waals surface area contributed by atoms with Gasteiger partial charge in [0, 0.05) is 31.5 Å². The second kappa shape index (κ2) is 9.85. The number of hydrogen-bond donors (Lipinski definition) is 1. The number of hydrogen-bond acceptors (Lipinski definition) is 5. The van der Waals surface area contributed by atoms with Gasteiger partial charge in [0.05, 0.1) is 23.9 Å². The average molecular weight is 478 g/mol. The molecule has 0 saturated carbocycles. The molecule has 1 N–H and O–H groups in total. The highest BCUT2D eigenvalue weighted by Crippen LogP contribution is 2.34. The Kier molecular flexibility index (Phi) is 6.48. The van der Waals surface area contributed by atoms with Crippen molar-refractivity contribution in [2.75, 3.05) is 23.4 Å². The molecular weight excluding hydrogens is 449 g/mol.